The highest BCUT2D eigenvalue weighted by atomic mass is 32.2. The Morgan fingerprint density at radius 3 is 2.79 bits per heavy atom. The van der Waals surface area contributed by atoms with Gasteiger partial charge in [-0.3, -0.25) is 4.79 Å². The van der Waals surface area contributed by atoms with Crippen LogP contribution in [0.2, 0.25) is 0 Å². The molecule has 0 radical (unpaired) electrons. The standard InChI is InChI=1S/C15H22N2OS/c1-2-8-16-14-5-3-13(4-6-14)15(18)17-10-12-7-9-19-11-12/h3-6,12,16H,2,7-11H2,1H3,(H,17,18). The molecule has 1 aliphatic heterocycles. The Bertz CT molecular complexity index is 399. The van der Waals surface area contributed by atoms with Gasteiger partial charge in [0.1, 0.15) is 0 Å². The Kier molecular flexibility index (Phi) is 5.58. The highest BCUT2D eigenvalue weighted by Gasteiger charge is 2.16. The highest BCUT2D eigenvalue weighted by molar-refractivity contribution is 7.99. The van der Waals surface area contributed by atoms with Crippen LogP contribution in [0.4, 0.5) is 5.69 Å². The van der Waals surface area contributed by atoms with E-state index in [2.05, 4.69) is 17.6 Å². The fraction of sp³-hybridized carbons (Fsp3) is 0.533. The summed E-state index contributed by atoms with van der Waals surface area (Å²) in [6, 6.07) is 7.71. The molecule has 0 aliphatic carbocycles. The van der Waals surface area contributed by atoms with Crippen LogP contribution in [0.5, 0.6) is 0 Å². The van der Waals surface area contributed by atoms with E-state index in [9.17, 15) is 4.79 Å². The molecule has 1 saturated heterocycles. The van der Waals surface area contributed by atoms with Gasteiger partial charge in [-0.2, -0.15) is 11.8 Å². The average molecular weight is 278 g/mol. The number of carbonyl (C=O) groups is 1. The van der Waals surface area contributed by atoms with Gasteiger partial charge in [-0.05, 0) is 54.5 Å². The van der Waals surface area contributed by atoms with E-state index in [4.69, 9.17) is 0 Å². The summed E-state index contributed by atoms with van der Waals surface area (Å²) in [5, 5.41) is 6.33. The van der Waals surface area contributed by atoms with Crippen LogP contribution in [0.25, 0.3) is 0 Å². The number of rotatable bonds is 6. The van der Waals surface area contributed by atoms with Crippen molar-refractivity contribution in [1.29, 1.82) is 0 Å². The van der Waals surface area contributed by atoms with E-state index in [1.807, 2.05) is 36.0 Å². The molecule has 1 heterocycles. The minimum Gasteiger partial charge on any atom is -0.385 e. The second-order valence-electron chi connectivity index (χ2n) is 4.94. The molecule has 1 aliphatic rings. The number of benzene rings is 1. The molecule has 0 saturated carbocycles. The molecule has 19 heavy (non-hydrogen) atoms. The quantitative estimate of drug-likeness (QED) is 0.840. The zero-order chi connectivity index (χ0) is 13.5. The molecule has 3 nitrogen and oxygen atoms in total. The molecule has 0 bridgehead atoms. The van der Waals surface area contributed by atoms with Gasteiger partial charge in [0, 0.05) is 24.3 Å². The number of hydrogen-bond acceptors (Lipinski definition) is 3. The molecule has 104 valence electrons. The zero-order valence-corrected chi connectivity index (χ0v) is 12.3. The Balaban J connectivity index is 1.81. The zero-order valence-electron chi connectivity index (χ0n) is 11.4. The lowest BCUT2D eigenvalue weighted by molar-refractivity contribution is 0.0948. The average Bonchev–Trinajstić information content (AvgIpc) is 2.96. The maximum atomic E-state index is 12.0. The summed E-state index contributed by atoms with van der Waals surface area (Å²) in [4.78, 5) is 12.0. The molecule has 2 N–H and O–H groups in total. The van der Waals surface area contributed by atoms with Crippen LogP contribution in [-0.2, 0) is 0 Å². The largest absolute Gasteiger partial charge is 0.385 e. The first kappa shape index (κ1) is 14.3. The number of amides is 1. The number of thioether (sulfide) groups is 1. The van der Waals surface area contributed by atoms with Gasteiger partial charge in [0.2, 0.25) is 0 Å². The van der Waals surface area contributed by atoms with E-state index in [0.29, 0.717) is 5.92 Å². The molecule has 2 rings (SSSR count). The van der Waals surface area contributed by atoms with Crippen molar-refractivity contribution in [2.75, 3.05) is 29.9 Å². The molecule has 0 aromatic heterocycles. The predicted octanol–water partition coefficient (Wildman–Crippen LogP) is 2.99. The predicted molar refractivity (Wildman–Crippen MR) is 83.0 cm³/mol. The second kappa shape index (κ2) is 7.43. The fourth-order valence-corrected chi connectivity index (χ4v) is 3.38. The molecule has 4 heteroatoms. The number of anilines is 1. The van der Waals surface area contributed by atoms with Crippen LogP contribution in [0.15, 0.2) is 24.3 Å². The van der Waals surface area contributed by atoms with Crippen molar-refractivity contribution in [2.45, 2.75) is 19.8 Å². The normalized spacial score (nSPS) is 18.3. The van der Waals surface area contributed by atoms with Gasteiger partial charge in [0.15, 0.2) is 0 Å². The van der Waals surface area contributed by atoms with Gasteiger partial charge in [0.05, 0.1) is 0 Å². The van der Waals surface area contributed by atoms with Crippen molar-refractivity contribution in [2.24, 2.45) is 5.92 Å². The summed E-state index contributed by atoms with van der Waals surface area (Å²) in [5.41, 5.74) is 1.82. The van der Waals surface area contributed by atoms with Crippen molar-refractivity contribution in [3.63, 3.8) is 0 Å². The molecular formula is C15H22N2OS. The van der Waals surface area contributed by atoms with Crippen LogP contribution >= 0.6 is 11.8 Å². The number of hydrogen-bond donors (Lipinski definition) is 2. The molecule has 0 spiro atoms. The minimum atomic E-state index is 0.0407. The van der Waals surface area contributed by atoms with Crippen LogP contribution in [0.3, 0.4) is 0 Å². The van der Waals surface area contributed by atoms with Gasteiger partial charge in [-0.25, -0.2) is 0 Å². The maximum absolute atomic E-state index is 12.0. The van der Waals surface area contributed by atoms with Crippen molar-refractivity contribution in [3.8, 4) is 0 Å². The van der Waals surface area contributed by atoms with E-state index in [-0.39, 0.29) is 5.91 Å². The summed E-state index contributed by atoms with van der Waals surface area (Å²) in [6.07, 6.45) is 2.33. The number of carbonyl (C=O) groups excluding carboxylic acids is 1. The smallest absolute Gasteiger partial charge is 0.251 e. The highest BCUT2D eigenvalue weighted by Crippen LogP contribution is 2.22. The van der Waals surface area contributed by atoms with E-state index < -0.39 is 0 Å². The lowest BCUT2D eigenvalue weighted by Crippen LogP contribution is -2.29. The summed E-state index contributed by atoms with van der Waals surface area (Å²) in [6.45, 7) is 3.91. The first-order chi connectivity index (χ1) is 9.29. The van der Waals surface area contributed by atoms with Gasteiger partial charge < -0.3 is 10.6 Å². The first-order valence-corrected chi connectivity index (χ1v) is 8.15. The monoisotopic (exact) mass is 278 g/mol. The Morgan fingerprint density at radius 1 is 1.37 bits per heavy atom. The molecular weight excluding hydrogens is 256 g/mol. The molecule has 1 aromatic rings. The summed E-state index contributed by atoms with van der Waals surface area (Å²) in [7, 11) is 0. The molecule has 1 amide bonds. The van der Waals surface area contributed by atoms with Gasteiger partial charge in [0.25, 0.3) is 5.91 Å². The van der Waals surface area contributed by atoms with Gasteiger partial charge in [-0.15, -0.1) is 0 Å². The maximum Gasteiger partial charge on any atom is 0.251 e. The Labute approximate surface area is 119 Å². The molecule has 1 fully saturated rings. The van der Waals surface area contributed by atoms with Crippen LogP contribution in [0.1, 0.15) is 30.1 Å². The van der Waals surface area contributed by atoms with Crippen molar-refractivity contribution >= 4 is 23.4 Å². The first-order valence-electron chi connectivity index (χ1n) is 6.99. The molecule has 1 aromatic carbocycles. The third kappa shape index (κ3) is 4.46. The summed E-state index contributed by atoms with van der Waals surface area (Å²) in [5.74, 6) is 3.11. The van der Waals surface area contributed by atoms with Crippen LogP contribution in [-0.4, -0.2) is 30.5 Å². The van der Waals surface area contributed by atoms with Crippen LogP contribution in [0, 0.1) is 5.92 Å². The topological polar surface area (TPSA) is 41.1 Å². The Morgan fingerprint density at radius 2 is 2.16 bits per heavy atom. The van der Waals surface area contributed by atoms with E-state index >= 15 is 0 Å². The third-order valence-corrected chi connectivity index (χ3v) is 4.53. The van der Waals surface area contributed by atoms with Crippen molar-refractivity contribution < 1.29 is 4.79 Å². The molecule has 1 atom stereocenters. The van der Waals surface area contributed by atoms with E-state index in [1.54, 1.807) is 0 Å². The van der Waals surface area contributed by atoms with E-state index in [0.717, 1.165) is 30.8 Å². The summed E-state index contributed by atoms with van der Waals surface area (Å²) >= 11 is 1.98. The van der Waals surface area contributed by atoms with E-state index in [1.165, 1.54) is 17.9 Å². The fourth-order valence-electron chi connectivity index (χ4n) is 2.09. The van der Waals surface area contributed by atoms with Crippen molar-refractivity contribution in [3.05, 3.63) is 29.8 Å². The van der Waals surface area contributed by atoms with Crippen LogP contribution < -0.4 is 10.6 Å². The van der Waals surface area contributed by atoms with Gasteiger partial charge in [-0.1, -0.05) is 6.92 Å². The molecule has 1 unspecified atom stereocenters. The lowest BCUT2D eigenvalue weighted by Gasteiger charge is -2.10. The summed E-state index contributed by atoms with van der Waals surface area (Å²) < 4.78 is 0. The number of nitrogens with one attached hydrogen (secondary N) is 2. The SMILES string of the molecule is CCCNc1ccc(C(=O)NCC2CCSC2)cc1. The Hall–Kier alpha value is -1.16. The second-order valence-corrected chi connectivity index (χ2v) is 6.09. The minimum absolute atomic E-state index is 0.0407. The third-order valence-electron chi connectivity index (χ3n) is 3.30. The lowest BCUT2D eigenvalue weighted by atomic mass is 10.1. The van der Waals surface area contributed by atoms with Crippen molar-refractivity contribution in [1.82, 2.24) is 5.32 Å². The van der Waals surface area contributed by atoms with Gasteiger partial charge >= 0.3 is 0 Å².